The highest BCUT2D eigenvalue weighted by Crippen LogP contribution is 2.41. The summed E-state index contributed by atoms with van der Waals surface area (Å²) in [7, 11) is 1.67. The molecule has 0 N–H and O–H groups in total. The fourth-order valence-corrected chi connectivity index (χ4v) is 3.80. The average Bonchev–Trinajstić information content (AvgIpc) is 2.62. The van der Waals surface area contributed by atoms with Crippen molar-refractivity contribution in [1.29, 1.82) is 0 Å². The molecule has 24 heavy (non-hydrogen) atoms. The molecule has 0 aliphatic carbocycles. The molecule has 0 radical (unpaired) electrons. The van der Waals surface area contributed by atoms with Crippen LogP contribution in [0.25, 0.3) is 0 Å². The highest BCUT2D eigenvalue weighted by molar-refractivity contribution is 7.99. The lowest BCUT2D eigenvalue weighted by Gasteiger charge is -2.18. The molecule has 0 heterocycles. The van der Waals surface area contributed by atoms with E-state index in [0.29, 0.717) is 0 Å². The molecular weight excluding hydrogens is 359 g/mol. The van der Waals surface area contributed by atoms with E-state index in [2.05, 4.69) is 36.4 Å². The molecule has 0 aliphatic rings. The first kappa shape index (κ1) is 17.2. The van der Waals surface area contributed by atoms with Crippen LogP contribution in [-0.2, 0) is 0 Å². The van der Waals surface area contributed by atoms with Crippen molar-refractivity contribution < 1.29 is 4.74 Å². The van der Waals surface area contributed by atoms with E-state index in [1.54, 1.807) is 18.9 Å². The van der Waals surface area contributed by atoms with Gasteiger partial charge < -0.3 is 4.74 Å². The first-order valence-corrected chi connectivity index (χ1v) is 9.11. The largest absolute Gasteiger partial charge is 0.497 e. The van der Waals surface area contributed by atoms with Crippen LogP contribution in [0.5, 0.6) is 5.75 Å². The second-order valence-corrected chi connectivity index (χ2v) is 7.33. The van der Waals surface area contributed by atoms with Gasteiger partial charge >= 0.3 is 0 Å². The highest BCUT2D eigenvalue weighted by Gasteiger charge is 2.16. The van der Waals surface area contributed by atoms with Crippen molar-refractivity contribution in [2.75, 3.05) is 7.11 Å². The molecule has 0 saturated heterocycles. The predicted octanol–water partition coefficient (Wildman–Crippen LogP) is 6.88. The van der Waals surface area contributed by atoms with E-state index < -0.39 is 0 Å². The van der Waals surface area contributed by atoms with E-state index in [-0.39, 0.29) is 5.25 Å². The Balaban J connectivity index is 1.94. The molecule has 0 bridgehead atoms. The van der Waals surface area contributed by atoms with Gasteiger partial charge in [-0.1, -0.05) is 47.5 Å². The van der Waals surface area contributed by atoms with E-state index >= 15 is 0 Å². The summed E-state index contributed by atoms with van der Waals surface area (Å²) in [6, 6.07) is 24.1. The van der Waals surface area contributed by atoms with Crippen LogP contribution < -0.4 is 4.74 Å². The monoisotopic (exact) mass is 374 g/mol. The third-order valence-electron chi connectivity index (χ3n) is 3.66. The third-order valence-corrected chi connectivity index (χ3v) is 5.49. The zero-order valence-electron chi connectivity index (χ0n) is 13.1. The van der Waals surface area contributed by atoms with Gasteiger partial charge in [-0.25, -0.2) is 0 Å². The molecule has 3 aromatic rings. The maximum Gasteiger partial charge on any atom is 0.118 e. The molecule has 3 aromatic carbocycles. The summed E-state index contributed by atoms with van der Waals surface area (Å²) in [5, 5.41) is 1.64. The van der Waals surface area contributed by atoms with E-state index in [1.165, 1.54) is 16.0 Å². The van der Waals surface area contributed by atoms with Gasteiger partial charge in [-0.05, 0) is 59.7 Å². The fraction of sp³-hybridized carbons (Fsp3) is 0.100. The van der Waals surface area contributed by atoms with E-state index in [1.807, 2.05) is 36.4 Å². The van der Waals surface area contributed by atoms with Crippen molar-refractivity contribution in [3.8, 4) is 5.75 Å². The summed E-state index contributed by atoms with van der Waals surface area (Å²) in [4.78, 5) is 1.17. The van der Waals surface area contributed by atoms with Gasteiger partial charge in [0.15, 0.2) is 0 Å². The van der Waals surface area contributed by atoms with Gasteiger partial charge in [-0.15, -0.1) is 11.8 Å². The molecule has 0 atom stereocenters. The van der Waals surface area contributed by atoms with Crippen LogP contribution in [0.4, 0.5) is 0 Å². The van der Waals surface area contributed by atoms with Crippen LogP contribution in [0.2, 0.25) is 10.0 Å². The number of hydrogen-bond donors (Lipinski definition) is 0. The molecule has 0 unspecified atom stereocenters. The number of hydrogen-bond acceptors (Lipinski definition) is 2. The fourth-order valence-electron chi connectivity index (χ4n) is 2.39. The maximum atomic E-state index is 6.04. The number of thioether (sulfide) groups is 1. The first-order valence-electron chi connectivity index (χ1n) is 7.47. The van der Waals surface area contributed by atoms with Gasteiger partial charge in [0.25, 0.3) is 0 Å². The van der Waals surface area contributed by atoms with Gasteiger partial charge in [0.2, 0.25) is 0 Å². The maximum absolute atomic E-state index is 6.04. The van der Waals surface area contributed by atoms with Crippen molar-refractivity contribution in [1.82, 2.24) is 0 Å². The molecular formula is C20H16Cl2OS. The van der Waals surface area contributed by atoms with Crippen LogP contribution in [0.3, 0.4) is 0 Å². The molecule has 0 aliphatic heterocycles. The molecule has 0 saturated carbocycles. The van der Waals surface area contributed by atoms with Gasteiger partial charge in [-0.3, -0.25) is 0 Å². The third kappa shape index (κ3) is 4.27. The lowest BCUT2D eigenvalue weighted by atomic mass is 10.0. The summed E-state index contributed by atoms with van der Waals surface area (Å²) in [6.07, 6.45) is 0. The minimum absolute atomic E-state index is 0.160. The summed E-state index contributed by atoms with van der Waals surface area (Å²) < 4.78 is 5.23. The van der Waals surface area contributed by atoms with E-state index in [0.717, 1.165) is 15.8 Å². The molecule has 0 aromatic heterocycles. The number of methoxy groups -OCH3 is 1. The normalized spacial score (nSPS) is 10.8. The Kier molecular flexibility index (Phi) is 5.72. The summed E-state index contributed by atoms with van der Waals surface area (Å²) in [5.41, 5.74) is 2.39. The van der Waals surface area contributed by atoms with E-state index in [4.69, 9.17) is 27.9 Å². The Morgan fingerprint density at radius 3 is 1.58 bits per heavy atom. The van der Waals surface area contributed by atoms with Crippen LogP contribution in [-0.4, -0.2) is 7.11 Å². The Bertz CT molecular complexity index is 738. The average molecular weight is 375 g/mol. The number of ether oxygens (including phenoxy) is 1. The second-order valence-electron chi connectivity index (χ2n) is 5.28. The molecule has 4 heteroatoms. The molecule has 3 rings (SSSR count). The lowest BCUT2D eigenvalue weighted by Crippen LogP contribution is -1.97. The SMILES string of the molecule is COc1ccc(SC(c2ccc(Cl)cc2)c2ccc(Cl)cc2)cc1. The molecule has 1 nitrogen and oxygen atoms in total. The number of halogens is 2. The standard InChI is InChI=1S/C20H16Cl2OS/c1-23-18-10-12-19(13-11-18)24-20(14-2-6-16(21)7-3-14)15-4-8-17(22)9-5-15/h2-13,20H,1H3. The zero-order chi connectivity index (χ0) is 16.9. The predicted molar refractivity (Wildman–Crippen MR) is 104 cm³/mol. The van der Waals surface area contributed by atoms with Crippen LogP contribution in [0, 0.1) is 0 Å². The van der Waals surface area contributed by atoms with Crippen molar-refractivity contribution in [2.24, 2.45) is 0 Å². The van der Waals surface area contributed by atoms with Gasteiger partial charge in [-0.2, -0.15) is 0 Å². The van der Waals surface area contributed by atoms with Crippen LogP contribution >= 0.6 is 35.0 Å². The molecule has 122 valence electrons. The smallest absolute Gasteiger partial charge is 0.118 e. The van der Waals surface area contributed by atoms with Crippen LogP contribution in [0.1, 0.15) is 16.4 Å². The van der Waals surface area contributed by atoms with E-state index in [9.17, 15) is 0 Å². The van der Waals surface area contributed by atoms with Crippen molar-refractivity contribution in [2.45, 2.75) is 10.1 Å². The number of rotatable bonds is 5. The molecule has 0 fully saturated rings. The lowest BCUT2D eigenvalue weighted by molar-refractivity contribution is 0.414. The highest BCUT2D eigenvalue weighted by atomic mass is 35.5. The van der Waals surface area contributed by atoms with Crippen LogP contribution in [0.15, 0.2) is 77.7 Å². The van der Waals surface area contributed by atoms with Crippen molar-refractivity contribution in [3.05, 3.63) is 94.0 Å². The minimum atomic E-state index is 0.160. The Morgan fingerprint density at radius 1 is 0.708 bits per heavy atom. The molecule has 0 amide bonds. The van der Waals surface area contributed by atoms with Crippen molar-refractivity contribution >= 4 is 35.0 Å². The summed E-state index contributed by atoms with van der Waals surface area (Å²) in [5.74, 6) is 0.855. The topological polar surface area (TPSA) is 9.23 Å². The van der Waals surface area contributed by atoms with Gasteiger partial charge in [0, 0.05) is 14.9 Å². The Labute approximate surface area is 156 Å². The van der Waals surface area contributed by atoms with Gasteiger partial charge in [0.1, 0.15) is 5.75 Å². The quantitative estimate of drug-likeness (QED) is 0.449. The minimum Gasteiger partial charge on any atom is -0.497 e. The second kappa shape index (κ2) is 7.98. The number of benzene rings is 3. The zero-order valence-corrected chi connectivity index (χ0v) is 15.4. The Morgan fingerprint density at radius 2 is 1.17 bits per heavy atom. The summed E-state index contributed by atoms with van der Waals surface area (Å²) >= 11 is 13.9. The van der Waals surface area contributed by atoms with Crippen molar-refractivity contribution in [3.63, 3.8) is 0 Å². The molecule has 0 spiro atoms. The van der Waals surface area contributed by atoms with Gasteiger partial charge in [0.05, 0.1) is 12.4 Å². The summed E-state index contributed by atoms with van der Waals surface area (Å²) in [6.45, 7) is 0. The first-order chi connectivity index (χ1) is 11.7. The Hall–Kier alpha value is -1.61.